The first-order valence-corrected chi connectivity index (χ1v) is 5.30. The average molecular weight is 253 g/mol. The molecule has 0 saturated heterocycles. The third-order valence-corrected chi connectivity index (χ3v) is 2.20. The van der Waals surface area contributed by atoms with Crippen LogP contribution in [0.3, 0.4) is 0 Å². The van der Waals surface area contributed by atoms with Crippen molar-refractivity contribution in [2.24, 2.45) is 0 Å². The Balaban J connectivity index is 2.71. The van der Waals surface area contributed by atoms with E-state index in [1.165, 1.54) is 14.2 Å². The van der Waals surface area contributed by atoms with Gasteiger partial charge in [-0.2, -0.15) is 0 Å². The molecule has 18 heavy (non-hydrogen) atoms. The van der Waals surface area contributed by atoms with Crippen LogP contribution in [-0.2, 0) is 9.59 Å². The zero-order valence-electron chi connectivity index (χ0n) is 10.2. The number of benzene rings is 1. The second-order valence-corrected chi connectivity index (χ2v) is 3.54. The van der Waals surface area contributed by atoms with E-state index in [-0.39, 0.29) is 18.7 Å². The maximum absolute atomic E-state index is 11.5. The Morgan fingerprint density at radius 2 is 1.67 bits per heavy atom. The highest BCUT2D eigenvalue weighted by Gasteiger charge is 2.08. The van der Waals surface area contributed by atoms with Gasteiger partial charge in [-0.25, -0.2) is 0 Å². The molecule has 98 valence electrons. The fraction of sp³-hybridized carbons (Fsp3) is 0.333. The van der Waals surface area contributed by atoms with Crippen molar-refractivity contribution < 1.29 is 24.2 Å². The number of anilines is 1. The summed E-state index contributed by atoms with van der Waals surface area (Å²) in [6.07, 6.45) is -0.276. The Labute approximate surface area is 105 Å². The second-order valence-electron chi connectivity index (χ2n) is 3.54. The lowest BCUT2D eigenvalue weighted by atomic mass is 10.2. The standard InChI is InChI=1S/C12H15NO5/c1-17-9-5-8(6-10(7-9)18-2)13-11(14)3-4-12(15)16/h5-7H,3-4H2,1-2H3,(H,13,14)(H,15,16). The normalized spacial score (nSPS) is 9.67. The summed E-state index contributed by atoms with van der Waals surface area (Å²) in [5.74, 6) is -0.285. The van der Waals surface area contributed by atoms with Crippen LogP contribution in [0, 0.1) is 0 Å². The van der Waals surface area contributed by atoms with Crippen molar-refractivity contribution in [3.8, 4) is 11.5 Å². The maximum Gasteiger partial charge on any atom is 0.303 e. The number of ether oxygens (including phenoxy) is 2. The summed E-state index contributed by atoms with van der Waals surface area (Å²) in [6, 6.07) is 4.93. The van der Waals surface area contributed by atoms with E-state index >= 15 is 0 Å². The molecule has 0 unspecified atom stereocenters. The third-order valence-electron chi connectivity index (χ3n) is 2.20. The minimum atomic E-state index is -1.01. The minimum absolute atomic E-state index is 0.0745. The number of carbonyl (C=O) groups is 2. The van der Waals surface area contributed by atoms with E-state index < -0.39 is 5.97 Å². The molecule has 1 rings (SSSR count). The van der Waals surface area contributed by atoms with Gasteiger partial charge in [0.25, 0.3) is 0 Å². The number of rotatable bonds is 6. The summed E-state index contributed by atoms with van der Waals surface area (Å²) in [5.41, 5.74) is 0.501. The lowest BCUT2D eigenvalue weighted by molar-refractivity contribution is -0.138. The van der Waals surface area contributed by atoms with E-state index in [9.17, 15) is 9.59 Å². The Bertz CT molecular complexity index is 422. The van der Waals surface area contributed by atoms with Crippen LogP contribution in [0.2, 0.25) is 0 Å². The molecular weight excluding hydrogens is 238 g/mol. The quantitative estimate of drug-likeness (QED) is 0.802. The van der Waals surface area contributed by atoms with E-state index in [1.54, 1.807) is 18.2 Å². The molecule has 2 N–H and O–H groups in total. The summed E-state index contributed by atoms with van der Waals surface area (Å²) in [5, 5.41) is 11.1. The number of hydrogen-bond donors (Lipinski definition) is 2. The van der Waals surface area contributed by atoms with E-state index in [2.05, 4.69) is 5.32 Å². The summed E-state index contributed by atoms with van der Waals surface area (Å²) in [4.78, 5) is 21.8. The molecule has 0 saturated carbocycles. The number of carboxylic acid groups (broad SMARTS) is 1. The molecule has 6 heteroatoms. The highest BCUT2D eigenvalue weighted by Crippen LogP contribution is 2.25. The average Bonchev–Trinajstić information content (AvgIpc) is 2.35. The van der Waals surface area contributed by atoms with Crippen LogP contribution in [0.5, 0.6) is 11.5 Å². The number of hydrogen-bond acceptors (Lipinski definition) is 4. The number of carbonyl (C=O) groups excluding carboxylic acids is 1. The molecular formula is C12H15NO5. The van der Waals surface area contributed by atoms with Crippen LogP contribution >= 0.6 is 0 Å². The fourth-order valence-electron chi connectivity index (χ4n) is 1.32. The van der Waals surface area contributed by atoms with Gasteiger partial charge in [0.05, 0.1) is 20.6 Å². The van der Waals surface area contributed by atoms with Gasteiger partial charge >= 0.3 is 5.97 Å². The van der Waals surface area contributed by atoms with Crippen LogP contribution in [0.25, 0.3) is 0 Å². The Kier molecular flexibility index (Phi) is 4.98. The van der Waals surface area contributed by atoms with Crippen molar-refractivity contribution in [1.29, 1.82) is 0 Å². The van der Waals surface area contributed by atoms with Crippen LogP contribution in [0.4, 0.5) is 5.69 Å². The lowest BCUT2D eigenvalue weighted by Crippen LogP contribution is -2.13. The first-order chi connectivity index (χ1) is 8.55. The second kappa shape index (κ2) is 6.48. The number of carboxylic acids is 1. The maximum atomic E-state index is 11.5. The smallest absolute Gasteiger partial charge is 0.303 e. The predicted molar refractivity (Wildman–Crippen MR) is 65.0 cm³/mol. The van der Waals surface area contributed by atoms with Gasteiger partial charge < -0.3 is 19.9 Å². The molecule has 0 fully saturated rings. The minimum Gasteiger partial charge on any atom is -0.497 e. The summed E-state index contributed by atoms with van der Waals surface area (Å²) >= 11 is 0. The topological polar surface area (TPSA) is 84.9 Å². The van der Waals surface area contributed by atoms with Crippen molar-refractivity contribution >= 4 is 17.6 Å². The van der Waals surface area contributed by atoms with E-state index in [1.807, 2.05) is 0 Å². The molecule has 0 bridgehead atoms. The summed E-state index contributed by atoms with van der Waals surface area (Å²) < 4.78 is 10.1. The van der Waals surface area contributed by atoms with Gasteiger partial charge in [-0.1, -0.05) is 0 Å². The molecule has 6 nitrogen and oxygen atoms in total. The molecule has 0 atom stereocenters. The van der Waals surface area contributed by atoms with Crippen molar-refractivity contribution in [3.05, 3.63) is 18.2 Å². The van der Waals surface area contributed by atoms with Crippen molar-refractivity contribution in [3.63, 3.8) is 0 Å². The van der Waals surface area contributed by atoms with E-state index in [0.717, 1.165) is 0 Å². The number of aliphatic carboxylic acids is 1. The van der Waals surface area contributed by atoms with Gasteiger partial charge in [0.15, 0.2) is 0 Å². The largest absolute Gasteiger partial charge is 0.497 e. The molecule has 0 aliphatic carbocycles. The SMILES string of the molecule is COc1cc(NC(=O)CCC(=O)O)cc(OC)c1. The Morgan fingerprint density at radius 3 is 2.11 bits per heavy atom. The van der Waals surface area contributed by atoms with Gasteiger partial charge in [0.2, 0.25) is 5.91 Å². The molecule has 1 aromatic rings. The van der Waals surface area contributed by atoms with Gasteiger partial charge in [-0.05, 0) is 0 Å². The number of methoxy groups -OCH3 is 2. The van der Waals surface area contributed by atoms with Gasteiger partial charge in [-0.15, -0.1) is 0 Å². The van der Waals surface area contributed by atoms with Crippen molar-refractivity contribution in [2.75, 3.05) is 19.5 Å². The predicted octanol–water partition coefficient (Wildman–Crippen LogP) is 1.51. The summed E-state index contributed by atoms with van der Waals surface area (Å²) in [7, 11) is 3.01. The first kappa shape index (κ1) is 13.8. The number of nitrogens with one attached hydrogen (secondary N) is 1. The highest BCUT2D eigenvalue weighted by atomic mass is 16.5. The molecule has 0 aliphatic rings. The van der Waals surface area contributed by atoms with Crippen molar-refractivity contribution in [2.45, 2.75) is 12.8 Å². The molecule has 1 amide bonds. The lowest BCUT2D eigenvalue weighted by Gasteiger charge is -2.09. The zero-order valence-corrected chi connectivity index (χ0v) is 10.2. The Hall–Kier alpha value is -2.24. The van der Waals surface area contributed by atoms with Crippen LogP contribution < -0.4 is 14.8 Å². The van der Waals surface area contributed by atoms with Crippen LogP contribution in [-0.4, -0.2) is 31.2 Å². The van der Waals surface area contributed by atoms with Gasteiger partial charge in [0, 0.05) is 30.3 Å². The zero-order chi connectivity index (χ0) is 13.5. The molecule has 0 spiro atoms. The van der Waals surface area contributed by atoms with Gasteiger partial charge in [0.1, 0.15) is 11.5 Å². The monoisotopic (exact) mass is 253 g/mol. The third kappa shape index (κ3) is 4.32. The van der Waals surface area contributed by atoms with Crippen molar-refractivity contribution in [1.82, 2.24) is 0 Å². The van der Waals surface area contributed by atoms with Crippen LogP contribution in [0.15, 0.2) is 18.2 Å². The molecule has 0 heterocycles. The number of amides is 1. The molecule has 0 aromatic heterocycles. The Morgan fingerprint density at radius 1 is 1.11 bits per heavy atom. The molecule has 0 radical (unpaired) electrons. The first-order valence-electron chi connectivity index (χ1n) is 5.30. The fourth-order valence-corrected chi connectivity index (χ4v) is 1.32. The van der Waals surface area contributed by atoms with E-state index in [0.29, 0.717) is 17.2 Å². The molecule has 1 aromatic carbocycles. The van der Waals surface area contributed by atoms with E-state index in [4.69, 9.17) is 14.6 Å². The van der Waals surface area contributed by atoms with Gasteiger partial charge in [-0.3, -0.25) is 9.59 Å². The summed E-state index contributed by atoms with van der Waals surface area (Å²) in [6.45, 7) is 0. The van der Waals surface area contributed by atoms with Crippen LogP contribution in [0.1, 0.15) is 12.8 Å². The molecule has 0 aliphatic heterocycles. The highest BCUT2D eigenvalue weighted by molar-refractivity contribution is 5.92.